The molecular formula is C16H15N3O. The molecule has 2 aromatic carbocycles. The smallest absolute Gasteiger partial charge is 0.253 e. The highest BCUT2D eigenvalue weighted by Gasteiger charge is 2.12. The van der Waals surface area contributed by atoms with Crippen LogP contribution in [0.4, 0.5) is 5.69 Å². The van der Waals surface area contributed by atoms with E-state index in [9.17, 15) is 4.79 Å². The molecule has 0 aliphatic heterocycles. The number of nitrogen functional groups attached to an aromatic ring is 1. The van der Waals surface area contributed by atoms with E-state index < -0.39 is 0 Å². The van der Waals surface area contributed by atoms with Crippen molar-refractivity contribution < 1.29 is 4.79 Å². The molecule has 2 aromatic rings. The molecule has 0 aliphatic rings. The van der Waals surface area contributed by atoms with E-state index >= 15 is 0 Å². The number of hydrogen-bond acceptors (Lipinski definition) is 3. The Bertz CT molecular complexity index is 656. The molecule has 100 valence electrons. The lowest BCUT2D eigenvalue weighted by molar-refractivity contribution is 0.0785. The SMILES string of the molecule is CN(Cc1ccccc1N)C(=O)c1ccc(C#N)cc1. The van der Waals surface area contributed by atoms with Crippen LogP contribution in [-0.2, 0) is 6.54 Å². The summed E-state index contributed by atoms with van der Waals surface area (Å²) in [6.45, 7) is 0.450. The van der Waals surface area contributed by atoms with Gasteiger partial charge in [-0.25, -0.2) is 0 Å². The second-order valence-corrected chi connectivity index (χ2v) is 4.55. The average molecular weight is 265 g/mol. The summed E-state index contributed by atoms with van der Waals surface area (Å²) < 4.78 is 0. The van der Waals surface area contributed by atoms with Gasteiger partial charge in [-0.1, -0.05) is 18.2 Å². The van der Waals surface area contributed by atoms with Crippen LogP contribution in [-0.4, -0.2) is 17.9 Å². The molecule has 2 rings (SSSR count). The van der Waals surface area contributed by atoms with E-state index in [1.165, 1.54) is 0 Å². The van der Waals surface area contributed by atoms with E-state index in [1.807, 2.05) is 30.3 Å². The Morgan fingerprint density at radius 2 is 1.85 bits per heavy atom. The summed E-state index contributed by atoms with van der Waals surface area (Å²) in [6.07, 6.45) is 0. The van der Waals surface area contributed by atoms with Gasteiger partial charge in [-0.15, -0.1) is 0 Å². The van der Waals surface area contributed by atoms with E-state index in [0.717, 1.165) is 5.56 Å². The first-order chi connectivity index (χ1) is 9.61. The van der Waals surface area contributed by atoms with Crippen molar-refractivity contribution in [3.05, 3.63) is 65.2 Å². The number of nitriles is 1. The van der Waals surface area contributed by atoms with Gasteiger partial charge < -0.3 is 10.6 Å². The Labute approximate surface area is 118 Å². The third kappa shape index (κ3) is 2.96. The van der Waals surface area contributed by atoms with Crippen LogP contribution in [0.2, 0.25) is 0 Å². The second-order valence-electron chi connectivity index (χ2n) is 4.55. The summed E-state index contributed by atoms with van der Waals surface area (Å²) in [5, 5.41) is 8.74. The fraction of sp³-hybridized carbons (Fsp3) is 0.125. The zero-order valence-electron chi connectivity index (χ0n) is 11.2. The van der Waals surface area contributed by atoms with E-state index in [0.29, 0.717) is 23.4 Å². The van der Waals surface area contributed by atoms with Crippen molar-refractivity contribution in [1.29, 1.82) is 5.26 Å². The number of para-hydroxylation sites is 1. The van der Waals surface area contributed by atoms with Crippen LogP contribution in [0.1, 0.15) is 21.5 Å². The van der Waals surface area contributed by atoms with Crippen LogP contribution in [0.25, 0.3) is 0 Å². The van der Waals surface area contributed by atoms with Crippen molar-refractivity contribution in [1.82, 2.24) is 4.90 Å². The summed E-state index contributed by atoms with van der Waals surface area (Å²) in [5.41, 5.74) is 8.55. The number of benzene rings is 2. The van der Waals surface area contributed by atoms with Gasteiger partial charge >= 0.3 is 0 Å². The van der Waals surface area contributed by atoms with E-state index in [4.69, 9.17) is 11.0 Å². The largest absolute Gasteiger partial charge is 0.398 e. The molecule has 0 atom stereocenters. The zero-order valence-corrected chi connectivity index (χ0v) is 11.2. The van der Waals surface area contributed by atoms with Gasteiger partial charge in [0.05, 0.1) is 11.6 Å². The van der Waals surface area contributed by atoms with Crippen LogP contribution in [0.5, 0.6) is 0 Å². The first-order valence-electron chi connectivity index (χ1n) is 6.21. The number of carbonyl (C=O) groups is 1. The molecule has 4 heteroatoms. The lowest BCUT2D eigenvalue weighted by atomic mass is 10.1. The highest BCUT2D eigenvalue weighted by atomic mass is 16.2. The monoisotopic (exact) mass is 265 g/mol. The first kappa shape index (κ1) is 13.6. The number of carbonyl (C=O) groups excluding carboxylic acids is 1. The lowest BCUT2D eigenvalue weighted by Crippen LogP contribution is -2.26. The van der Waals surface area contributed by atoms with Crippen molar-refractivity contribution >= 4 is 11.6 Å². The van der Waals surface area contributed by atoms with Crippen LogP contribution in [0.3, 0.4) is 0 Å². The van der Waals surface area contributed by atoms with Gasteiger partial charge in [0.1, 0.15) is 0 Å². The first-order valence-corrected chi connectivity index (χ1v) is 6.21. The predicted molar refractivity (Wildman–Crippen MR) is 77.8 cm³/mol. The molecule has 20 heavy (non-hydrogen) atoms. The highest BCUT2D eigenvalue weighted by Crippen LogP contribution is 2.14. The minimum atomic E-state index is -0.0993. The molecule has 0 radical (unpaired) electrons. The Kier molecular flexibility index (Phi) is 4.02. The van der Waals surface area contributed by atoms with Gasteiger partial charge in [0, 0.05) is 24.8 Å². The molecule has 0 saturated carbocycles. The fourth-order valence-electron chi connectivity index (χ4n) is 1.91. The molecule has 0 bridgehead atoms. The Morgan fingerprint density at radius 3 is 2.45 bits per heavy atom. The predicted octanol–water partition coefficient (Wildman–Crippen LogP) is 2.41. The number of hydrogen-bond donors (Lipinski definition) is 1. The zero-order chi connectivity index (χ0) is 14.5. The number of anilines is 1. The molecule has 4 nitrogen and oxygen atoms in total. The summed E-state index contributed by atoms with van der Waals surface area (Å²) >= 11 is 0. The van der Waals surface area contributed by atoms with Crippen LogP contribution >= 0.6 is 0 Å². The molecule has 0 fully saturated rings. The number of nitrogens with zero attached hydrogens (tertiary/aromatic N) is 2. The highest BCUT2D eigenvalue weighted by molar-refractivity contribution is 5.94. The van der Waals surface area contributed by atoms with E-state index in [-0.39, 0.29) is 5.91 Å². The normalized spacial score (nSPS) is 9.80. The van der Waals surface area contributed by atoms with Gasteiger partial charge in [0.2, 0.25) is 0 Å². The molecule has 2 N–H and O–H groups in total. The molecule has 0 aliphatic carbocycles. The van der Waals surface area contributed by atoms with Crippen molar-refractivity contribution in [2.45, 2.75) is 6.54 Å². The maximum absolute atomic E-state index is 12.3. The van der Waals surface area contributed by atoms with Gasteiger partial charge in [-0.2, -0.15) is 5.26 Å². The summed E-state index contributed by atoms with van der Waals surface area (Å²) in [4.78, 5) is 13.9. The lowest BCUT2D eigenvalue weighted by Gasteiger charge is -2.18. The molecule has 0 spiro atoms. The third-order valence-electron chi connectivity index (χ3n) is 3.07. The molecule has 0 unspecified atom stereocenters. The molecule has 0 saturated heterocycles. The second kappa shape index (κ2) is 5.89. The Balaban J connectivity index is 2.12. The Morgan fingerprint density at radius 1 is 1.20 bits per heavy atom. The minimum absolute atomic E-state index is 0.0993. The van der Waals surface area contributed by atoms with Crippen molar-refractivity contribution in [2.24, 2.45) is 0 Å². The molecular weight excluding hydrogens is 250 g/mol. The number of rotatable bonds is 3. The maximum Gasteiger partial charge on any atom is 0.253 e. The maximum atomic E-state index is 12.3. The summed E-state index contributed by atoms with van der Waals surface area (Å²) in [5.74, 6) is -0.0993. The van der Waals surface area contributed by atoms with Crippen molar-refractivity contribution in [2.75, 3.05) is 12.8 Å². The topological polar surface area (TPSA) is 70.1 Å². The van der Waals surface area contributed by atoms with Gasteiger partial charge in [0.15, 0.2) is 0 Å². The van der Waals surface area contributed by atoms with Gasteiger partial charge in [0.25, 0.3) is 5.91 Å². The third-order valence-corrected chi connectivity index (χ3v) is 3.07. The average Bonchev–Trinajstić information content (AvgIpc) is 2.49. The van der Waals surface area contributed by atoms with Crippen molar-refractivity contribution in [3.8, 4) is 6.07 Å². The van der Waals surface area contributed by atoms with Gasteiger partial charge in [-0.3, -0.25) is 4.79 Å². The van der Waals surface area contributed by atoms with Gasteiger partial charge in [-0.05, 0) is 35.9 Å². The molecule has 0 heterocycles. The standard InChI is InChI=1S/C16H15N3O/c1-19(11-14-4-2-3-5-15(14)18)16(20)13-8-6-12(10-17)7-9-13/h2-9H,11,18H2,1H3. The number of nitrogens with two attached hydrogens (primary N) is 1. The van der Waals surface area contributed by atoms with Crippen LogP contribution in [0.15, 0.2) is 48.5 Å². The minimum Gasteiger partial charge on any atom is -0.398 e. The summed E-state index contributed by atoms with van der Waals surface area (Å²) in [7, 11) is 1.73. The van der Waals surface area contributed by atoms with E-state index in [1.54, 1.807) is 36.2 Å². The number of amides is 1. The molecule has 0 aromatic heterocycles. The van der Waals surface area contributed by atoms with E-state index in [2.05, 4.69) is 0 Å². The fourth-order valence-corrected chi connectivity index (χ4v) is 1.91. The van der Waals surface area contributed by atoms with Crippen LogP contribution < -0.4 is 5.73 Å². The quantitative estimate of drug-likeness (QED) is 0.866. The Hall–Kier alpha value is -2.80. The summed E-state index contributed by atoms with van der Waals surface area (Å²) in [6, 6.07) is 16.1. The van der Waals surface area contributed by atoms with Crippen LogP contribution in [0, 0.1) is 11.3 Å². The molecule has 1 amide bonds. The van der Waals surface area contributed by atoms with Crippen molar-refractivity contribution in [3.63, 3.8) is 0 Å².